The van der Waals surface area contributed by atoms with E-state index in [4.69, 9.17) is 5.11 Å². The predicted octanol–water partition coefficient (Wildman–Crippen LogP) is 2.54. The Balaban J connectivity index is 2.71. The lowest BCUT2D eigenvalue weighted by atomic mass is 10.0. The van der Waals surface area contributed by atoms with Crippen molar-refractivity contribution >= 4 is 11.6 Å². The summed E-state index contributed by atoms with van der Waals surface area (Å²) in [6.45, 7) is 3.70. The second kappa shape index (κ2) is 7.55. The van der Waals surface area contributed by atoms with E-state index < -0.39 is 5.82 Å². The molecule has 1 rings (SSSR count). The van der Waals surface area contributed by atoms with Gasteiger partial charge in [0.15, 0.2) is 0 Å². The van der Waals surface area contributed by atoms with Crippen LogP contribution < -0.4 is 5.32 Å². The van der Waals surface area contributed by atoms with E-state index in [0.717, 1.165) is 6.42 Å². The molecule has 1 unspecified atom stereocenters. The monoisotopic (exact) mass is 263 g/mol. The number of anilines is 1. The third-order valence-electron chi connectivity index (χ3n) is 2.79. The maximum atomic E-state index is 13.6. The summed E-state index contributed by atoms with van der Waals surface area (Å²) in [4.78, 5) is 11.7. The van der Waals surface area contributed by atoms with Crippen LogP contribution in [-0.2, 0) is 4.79 Å². The number of amides is 1. The molecule has 0 heterocycles. The molecule has 0 aliphatic carbocycles. The zero-order valence-electron chi connectivity index (χ0n) is 11.2. The van der Waals surface area contributed by atoms with Crippen molar-refractivity contribution in [1.29, 1.82) is 0 Å². The van der Waals surface area contributed by atoms with Crippen molar-refractivity contribution in [2.75, 3.05) is 11.9 Å². The molecule has 0 aromatic heterocycles. The van der Waals surface area contributed by atoms with Crippen LogP contribution in [0.1, 0.15) is 32.3 Å². The lowest BCUT2D eigenvalue weighted by Crippen LogP contribution is -2.14. The average molecular weight is 263 g/mol. The van der Waals surface area contributed by atoms with Gasteiger partial charge in [-0.2, -0.15) is 0 Å². The van der Waals surface area contributed by atoms with Crippen molar-refractivity contribution in [2.24, 2.45) is 5.92 Å². The van der Waals surface area contributed by atoms with Gasteiger partial charge in [0.25, 0.3) is 0 Å². The van der Waals surface area contributed by atoms with Crippen LogP contribution in [0.2, 0.25) is 0 Å². The Hall–Kier alpha value is -1.86. The van der Waals surface area contributed by atoms with E-state index >= 15 is 0 Å². The molecule has 0 radical (unpaired) electrons. The van der Waals surface area contributed by atoms with Crippen molar-refractivity contribution in [3.63, 3.8) is 0 Å². The average Bonchev–Trinajstić information content (AvgIpc) is 2.37. The highest BCUT2D eigenvalue weighted by molar-refractivity contribution is 5.90. The molecule has 4 heteroatoms. The largest absolute Gasteiger partial charge is 0.384 e. The number of rotatable bonds is 4. The quantitative estimate of drug-likeness (QED) is 0.820. The zero-order valence-corrected chi connectivity index (χ0v) is 11.2. The molecule has 19 heavy (non-hydrogen) atoms. The second-order valence-electron chi connectivity index (χ2n) is 4.42. The van der Waals surface area contributed by atoms with Crippen molar-refractivity contribution < 1.29 is 14.3 Å². The molecular weight excluding hydrogens is 245 g/mol. The normalized spacial score (nSPS) is 11.4. The fourth-order valence-corrected chi connectivity index (χ4v) is 1.50. The molecule has 0 aliphatic heterocycles. The van der Waals surface area contributed by atoms with Crippen LogP contribution in [0, 0.1) is 23.6 Å². The predicted molar refractivity (Wildman–Crippen MR) is 73.1 cm³/mol. The molecule has 102 valence electrons. The maximum Gasteiger partial charge on any atom is 0.224 e. The van der Waals surface area contributed by atoms with Gasteiger partial charge < -0.3 is 10.4 Å². The van der Waals surface area contributed by atoms with Gasteiger partial charge in [-0.05, 0) is 24.1 Å². The smallest absolute Gasteiger partial charge is 0.224 e. The molecule has 0 spiro atoms. The number of benzene rings is 1. The fraction of sp³-hybridized carbons (Fsp3) is 0.400. The number of hydrogen-bond acceptors (Lipinski definition) is 2. The molecular formula is C15H18FNO2. The number of carbonyl (C=O) groups is 1. The Morgan fingerprint density at radius 3 is 2.84 bits per heavy atom. The Labute approximate surface area is 112 Å². The summed E-state index contributed by atoms with van der Waals surface area (Å²) in [6.07, 6.45) is 1.35. The lowest BCUT2D eigenvalue weighted by molar-refractivity contribution is -0.117. The van der Waals surface area contributed by atoms with E-state index in [1.807, 2.05) is 13.8 Å². The second-order valence-corrected chi connectivity index (χ2v) is 4.42. The molecule has 0 bridgehead atoms. The number of aliphatic hydroxyl groups excluding tert-OH is 1. The Morgan fingerprint density at radius 2 is 2.26 bits per heavy atom. The van der Waals surface area contributed by atoms with E-state index in [1.54, 1.807) is 6.07 Å². The first kappa shape index (κ1) is 15.2. The molecule has 3 nitrogen and oxygen atoms in total. The Morgan fingerprint density at radius 1 is 1.53 bits per heavy atom. The minimum absolute atomic E-state index is 0.122. The van der Waals surface area contributed by atoms with Crippen LogP contribution >= 0.6 is 0 Å². The number of nitrogens with one attached hydrogen (secondary N) is 1. The van der Waals surface area contributed by atoms with Gasteiger partial charge in [-0.3, -0.25) is 4.79 Å². The van der Waals surface area contributed by atoms with Crippen LogP contribution in [-0.4, -0.2) is 17.6 Å². The first-order chi connectivity index (χ1) is 9.06. The standard InChI is InChI=1S/C15H18FNO2/c1-3-11(2)9-15(19)17-13-7-6-12(5-4-8-18)14(16)10-13/h6-7,10-11,18H,3,8-9H2,1-2H3,(H,17,19). The van der Waals surface area contributed by atoms with Crippen LogP contribution in [0.15, 0.2) is 18.2 Å². The van der Waals surface area contributed by atoms with Crippen molar-refractivity contribution in [1.82, 2.24) is 0 Å². The molecule has 1 aromatic carbocycles. The van der Waals surface area contributed by atoms with Crippen LogP contribution in [0.25, 0.3) is 0 Å². The third kappa shape index (κ3) is 5.11. The van der Waals surface area contributed by atoms with Crippen LogP contribution in [0.4, 0.5) is 10.1 Å². The summed E-state index contributed by atoms with van der Waals surface area (Å²) >= 11 is 0. The van der Waals surface area contributed by atoms with Gasteiger partial charge in [0.2, 0.25) is 5.91 Å². The van der Waals surface area contributed by atoms with E-state index in [9.17, 15) is 9.18 Å². The molecule has 1 atom stereocenters. The minimum atomic E-state index is -0.512. The van der Waals surface area contributed by atoms with Crippen LogP contribution in [0.5, 0.6) is 0 Å². The van der Waals surface area contributed by atoms with Crippen molar-refractivity contribution in [2.45, 2.75) is 26.7 Å². The summed E-state index contributed by atoms with van der Waals surface area (Å²) in [6, 6.07) is 4.31. The Kier molecular flexibility index (Phi) is 6.04. The topological polar surface area (TPSA) is 49.3 Å². The van der Waals surface area contributed by atoms with E-state index in [0.29, 0.717) is 18.0 Å². The van der Waals surface area contributed by atoms with E-state index in [2.05, 4.69) is 17.2 Å². The molecule has 0 fully saturated rings. The highest BCUT2D eigenvalue weighted by Gasteiger charge is 2.08. The first-order valence-electron chi connectivity index (χ1n) is 6.26. The number of carbonyl (C=O) groups excluding carboxylic acids is 1. The van der Waals surface area contributed by atoms with Gasteiger partial charge in [-0.15, -0.1) is 0 Å². The van der Waals surface area contributed by atoms with Gasteiger partial charge in [-0.25, -0.2) is 4.39 Å². The van der Waals surface area contributed by atoms with E-state index in [-0.39, 0.29) is 18.1 Å². The fourth-order valence-electron chi connectivity index (χ4n) is 1.50. The van der Waals surface area contributed by atoms with Gasteiger partial charge in [0, 0.05) is 12.1 Å². The summed E-state index contributed by atoms with van der Waals surface area (Å²) in [7, 11) is 0. The minimum Gasteiger partial charge on any atom is -0.384 e. The number of aliphatic hydroxyl groups is 1. The van der Waals surface area contributed by atoms with Gasteiger partial charge in [0.1, 0.15) is 12.4 Å². The summed E-state index contributed by atoms with van der Waals surface area (Å²) in [5.74, 6) is 4.55. The van der Waals surface area contributed by atoms with Gasteiger partial charge >= 0.3 is 0 Å². The number of hydrogen-bond donors (Lipinski definition) is 2. The molecule has 0 aliphatic rings. The summed E-state index contributed by atoms with van der Waals surface area (Å²) in [5.41, 5.74) is 0.620. The molecule has 1 amide bonds. The first-order valence-corrected chi connectivity index (χ1v) is 6.26. The van der Waals surface area contributed by atoms with Crippen molar-refractivity contribution in [3.05, 3.63) is 29.6 Å². The highest BCUT2D eigenvalue weighted by atomic mass is 19.1. The SMILES string of the molecule is CCC(C)CC(=O)Nc1ccc(C#CCO)c(F)c1. The van der Waals surface area contributed by atoms with Crippen LogP contribution in [0.3, 0.4) is 0 Å². The zero-order chi connectivity index (χ0) is 14.3. The molecule has 1 aromatic rings. The van der Waals surface area contributed by atoms with Gasteiger partial charge in [-0.1, -0.05) is 32.1 Å². The Bertz CT molecular complexity index is 503. The summed E-state index contributed by atoms with van der Waals surface area (Å²) < 4.78 is 13.6. The maximum absolute atomic E-state index is 13.6. The van der Waals surface area contributed by atoms with Crippen molar-refractivity contribution in [3.8, 4) is 11.8 Å². The van der Waals surface area contributed by atoms with Gasteiger partial charge in [0.05, 0.1) is 5.56 Å². The molecule has 0 saturated heterocycles. The summed E-state index contributed by atoms with van der Waals surface area (Å²) in [5, 5.41) is 11.2. The lowest BCUT2D eigenvalue weighted by Gasteiger charge is -2.09. The number of halogens is 1. The third-order valence-corrected chi connectivity index (χ3v) is 2.79. The molecule has 0 saturated carbocycles. The van der Waals surface area contributed by atoms with E-state index in [1.165, 1.54) is 12.1 Å². The highest BCUT2D eigenvalue weighted by Crippen LogP contribution is 2.15. The molecule has 2 N–H and O–H groups in total.